The summed E-state index contributed by atoms with van der Waals surface area (Å²) in [5.74, 6) is 0. The van der Waals surface area contributed by atoms with Crippen LogP contribution in [-0.2, 0) is 14.3 Å². The SMILES string of the molecule is CCCCCCOS(=O)(=O)c1ccc(C)cc1C#N. The third kappa shape index (κ3) is 4.66. The fourth-order valence-corrected chi connectivity index (χ4v) is 2.78. The summed E-state index contributed by atoms with van der Waals surface area (Å²) in [6.07, 6.45) is 3.81. The lowest BCUT2D eigenvalue weighted by Crippen LogP contribution is -2.09. The average Bonchev–Trinajstić information content (AvgIpc) is 2.38. The van der Waals surface area contributed by atoms with Crippen molar-refractivity contribution in [3.05, 3.63) is 29.3 Å². The van der Waals surface area contributed by atoms with Gasteiger partial charge in [-0.3, -0.25) is 4.18 Å². The molecule has 0 saturated heterocycles. The Balaban J connectivity index is 2.75. The van der Waals surface area contributed by atoms with Crippen molar-refractivity contribution in [2.45, 2.75) is 44.4 Å². The molecule has 0 fully saturated rings. The number of nitriles is 1. The van der Waals surface area contributed by atoms with Gasteiger partial charge in [0.15, 0.2) is 0 Å². The van der Waals surface area contributed by atoms with Crippen LogP contribution >= 0.6 is 0 Å². The van der Waals surface area contributed by atoms with Gasteiger partial charge in [-0.25, -0.2) is 0 Å². The summed E-state index contributed by atoms with van der Waals surface area (Å²) >= 11 is 0. The first-order valence-corrected chi connectivity index (χ1v) is 7.82. The van der Waals surface area contributed by atoms with Crippen LogP contribution in [0.15, 0.2) is 23.1 Å². The van der Waals surface area contributed by atoms with E-state index in [9.17, 15) is 8.42 Å². The van der Waals surface area contributed by atoms with E-state index in [0.717, 1.165) is 24.8 Å². The minimum atomic E-state index is -3.83. The van der Waals surface area contributed by atoms with E-state index in [1.165, 1.54) is 6.07 Å². The van der Waals surface area contributed by atoms with Gasteiger partial charge in [-0.05, 0) is 31.0 Å². The highest BCUT2D eigenvalue weighted by Crippen LogP contribution is 2.19. The number of rotatable bonds is 7. The van der Waals surface area contributed by atoms with E-state index in [4.69, 9.17) is 9.44 Å². The largest absolute Gasteiger partial charge is 0.298 e. The van der Waals surface area contributed by atoms with Crippen molar-refractivity contribution in [3.8, 4) is 6.07 Å². The molecule has 0 bridgehead atoms. The summed E-state index contributed by atoms with van der Waals surface area (Å²) in [5.41, 5.74) is 0.979. The van der Waals surface area contributed by atoms with Gasteiger partial charge in [0.25, 0.3) is 10.1 Å². The van der Waals surface area contributed by atoms with Gasteiger partial charge < -0.3 is 0 Å². The number of nitrogens with zero attached hydrogens (tertiary/aromatic N) is 1. The van der Waals surface area contributed by atoms with E-state index >= 15 is 0 Å². The Labute approximate surface area is 115 Å². The Morgan fingerprint density at radius 3 is 2.63 bits per heavy atom. The molecule has 5 heteroatoms. The van der Waals surface area contributed by atoms with Crippen LogP contribution in [0, 0.1) is 18.3 Å². The Bertz CT molecular complexity index is 559. The van der Waals surface area contributed by atoms with E-state index < -0.39 is 10.1 Å². The maximum absolute atomic E-state index is 12.0. The fraction of sp³-hybridized carbons (Fsp3) is 0.500. The van der Waals surface area contributed by atoms with E-state index in [1.807, 2.05) is 13.0 Å². The van der Waals surface area contributed by atoms with E-state index in [-0.39, 0.29) is 17.1 Å². The smallest absolute Gasteiger partial charge is 0.266 e. The second-order valence-electron chi connectivity index (χ2n) is 4.45. The minimum Gasteiger partial charge on any atom is -0.266 e. The van der Waals surface area contributed by atoms with Crippen molar-refractivity contribution in [3.63, 3.8) is 0 Å². The highest BCUT2D eigenvalue weighted by atomic mass is 32.2. The molecule has 0 aliphatic heterocycles. The van der Waals surface area contributed by atoms with Gasteiger partial charge in [0.2, 0.25) is 0 Å². The third-order valence-corrected chi connectivity index (χ3v) is 4.13. The van der Waals surface area contributed by atoms with Crippen LogP contribution in [0.4, 0.5) is 0 Å². The maximum atomic E-state index is 12.0. The Hall–Kier alpha value is -1.38. The van der Waals surface area contributed by atoms with Crippen molar-refractivity contribution in [2.24, 2.45) is 0 Å². The Morgan fingerprint density at radius 1 is 1.26 bits per heavy atom. The van der Waals surface area contributed by atoms with Crippen molar-refractivity contribution in [2.75, 3.05) is 6.61 Å². The summed E-state index contributed by atoms with van der Waals surface area (Å²) in [6, 6.07) is 6.53. The summed E-state index contributed by atoms with van der Waals surface area (Å²) in [4.78, 5) is -0.0453. The van der Waals surface area contributed by atoms with Crippen LogP contribution in [0.2, 0.25) is 0 Å². The van der Waals surface area contributed by atoms with Crippen molar-refractivity contribution in [1.82, 2.24) is 0 Å². The molecule has 0 aliphatic rings. The normalized spacial score (nSPS) is 11.2. The Morgan fingerprint density at radius 2 is 2.00 bits per heavy atom. The summed E-state index contributed by atoms with van der Waals surface area (Å²) in [7, 11) is -3.83. The molecule has 19 heavy (non-hydrogen) atoms. The second-order valence-corrected chi connectivity index (χ2v) is 6.03. The van der Waals surface area contributed by atoms with Crippen molar-refractivity contribution < 1.29 is 12.6 Å². The number of benzene rings is 1. The summed E-state index contributed by atoms with van der Waals surface area (Å²) in [6.45, 7) is 4.06. The molecule has 0 amide bonds. The van der Waals surface area contributed by atoms with Crippen LogP contribution in [0.3, 0.4) is 0 Å². The molecule has 0 saturated carbocycles. The number of hydrogen-bond donors (Lipinski definition) is 0. The van der Waals surface area contributed by atoms with Crippen LogP contribution in [0.25, 0.3) is 0 Å². The molecule has 0 radical (unpaired) electrons. The standard InChI is InChI=1S/C14H19NO3S/c1-3-4-5-6-9-18-19(16,17)14-8-7-12(2)10-13(14)11-15/h7-8,10H,3-6,9H2,1-2H3. The zero-order valence-corrected chi connectivity index (χ0v) is 12.2. The lowest BCUT2D eigenvalue weighted by atomic mass is 10.2. The van der Waals surface area contributed by atoms with Gasteiger partial charge >= 0.3 is 0 Å². The summed E-state index contributed by atoms with van der Waals surface area (Å²) < 4.78 is 28.9. The molecule has 0 atom stereocenters. The molecule has 1 rings (SSSR count). The average molecular weight is 281 g/mol. The molecule has 0 spiro atoms. The monoisotopic (exact) mass is 281 g/mol. The number of aryl methyl sites for hydroxylation is 1. The van der Waals surface area contributed by atoms with Crippen LogP contribution in [0.5, 0.6) is 0 Å². The zero-order chi connectivity index (χ0) is 14.3. The van der Waals surface area contributed by atoms with Gasteiger partial charge in [0.1, 0.15) is 11.0 Å². The second kappa shape index (κ2) is 7.27. The maximum Gasteiger partial charge on any atom is 0.298 e. The quantitative estimate of drug-likeness (QED) is 0.568. The molecule has 1 aromatic carbocycles. The lowest BCUT2D eigenvalue weighted by Gasteiger charge is -2.07. The van der Waals surface area contributed by atoms with Crippen LogP contribution in [-0.4, -0.2) is 15.0 Å². The van der Waals surface area contributed by atoms with E-state index in [0.29, 0.717) is 6.42 Å². The number of unbranched alkanes of at least 4 members (excludes halogenated alkanes) is 3. The van der Waals surface area contributed by atoms with Gasteiger partial charge in [-0.15, -0.1) is 0 Å². The van der Waals surface area contributed by atoms with Crippen LogP contribution in [0.1, 0.15) is 43.7 Å². The molecule has 0 unspecified atom stereocenters. The van der Waals surface area contributed by atoms with E-state index in [2.05, 4.69) is 6.92 Å². The molecule has 0 aromatic heterocycles. The molecule has 0 N–H and O–H groups in total. The molecule has 4 nitrogen and oxygen atoms in total. The highest BCUT2D eigenvalue weighted by molar-refractivity contribution is 7.86. The first kappa shape index (κ1) is 15.7. The van der Waals surface area contributed by atoms with E-state index in [1.54, 1.807) is 12.1 Å². The molecule has 0 aliphatic carbocycles. The van der Waals surface area contributed by atoms with Crippen molar-refractivity contribution >= 4 is 10.1 Å². The Kier molecular flexibility index (Phi) is 6.00. The predicted molar refractivity (Wildman–Crippen MR) is 73.2 cm³/mol. The molecule has 104 valence electrons. The molecular weight excluding hydrogens is 262 g/mol. The molecule has 1 aromatic rings. The lowest BCUT2D eigenvalue weighted by molar-refractivity contribution is 0.307. The first-order chi connectivity index (χ1) is 9.01. The van der Waals surface area contributed by atoms with Gasteiger partial charge in [0, 0.05) is 0 Å². The summed E-state index contributed by atoms with van der Waals surface area (Å²) in [5, 5.41) is 8.98. The van der Waals surface area contributed by atoms with Gasteiger partial charge in [0.05, 0.1) is 12.2 Å². The minimum absolute atomic E-state index is 0.0453. The molecule has 0 heterocycles. The predicted octanol–water partition coefficient (Wildman–Crippen LogP) is 3.15. The first-order valence-electron chi connectivity index (χ1n) is 6.41. The topological polar surface area (TPSA) is 67.2 Å². The zero-order valence-electron chi connectivity index (χ0n) is 11.3. The van der Waals surface area contributed by atoms with Crippen LogP contribution < -0.4 is 0 Å². The highest BCUT2D eigenvalue weighted by Gasteiger charge is 2.19. The van der Waals surface area contributed by atoms with Gasteiger partial charge in [-0.1, -0.05) is 32.3 Å². The number of hydrogen-bond acceptors (Lipinski definition) is 4. The van der Waals surface area contributed by atoms with Crippen molar-refractivity contribution in [1.29, 1.82) is 5.26 Å². The molecular formula is C14H19NO3S. The third-order valence-electron chi connectivity index (χ3n) is 2.76. The fourth-order valence-electron chi connectivity index (χ4n) is 1.71. The van der Waals surface area contributed by atoms with Gasteiger partial charge in [-0.2, -0.15) is 13.7 Å².